The Balaban J connectivity index is 1.31. The van der Waals surface area contributed by atoms with Crippen LogP contribution in [0.1, 0.15) is 89.1 Å². The number of phenolic OH excluding ortho intramolecular Hbond substituents is 2. The topological polar surface area (TPSA) is 132 Å². The van der Waals surface area contributed by atoms with Crippen LogP contribution in [0.5, 0.6) is 11.5 Å². The third kappa shape index (κ3) is 6.57. The van der Waals surface area contributed by atoms with E-state index in [0.717, 1.165) is 70.3 Å². The molecule has 214 valence electrons. The number of fused-ring (bicyclic) bond motifs is 1. The third-order valence-electron chi connectivity index (χ3n) is 8.88. The average molecular weight is 542 g/mol. The van der Waals surface area contributed by atoms with Crippen molar-refractivity contribution < 1.29 is 24.2 Å². The molecule has 2 aromatic rings. The minimum atomic E-state index is -0.556. The van der Waals surface area contributed by atoms with Crippen molar-refractivity contribution in [3.8, 4) is 11.5 Å². The van der Waals surface area contributed by atoms with Crippen LogP contribution >= 0.6 is 0 Å². The predicted octanol–water partition coefficient (Wildman–Crippen LogP) is 4.29. The van der Waals surface area contributed by atoms with E-state index in [9.17, 15) is 24.6 Å². The number of amides is 2. The maximum atomic E-state index is 13.7. The second kappa shape index (κ2) is 12.0. The number of rotatable bonds is 9. The van der Waals surface area contributed by atoms with Crippen LogP contribution in [0.15, 0.2) is 27.4 Å². The summed E-state index contributed by atoms with van der Waals surface area (Å²) < 4.78 is 5.48. The minimum absolute atomic E-state index is 0.0497. The predicted molar refractivity (Wildman–Crippen MR) is 150 cm³/mol. The van der Waals surface area contributed by atoms with E-state index in [4.69, 9.17) is 4.42 Å². The molecule has 0 radical (unpaired) electrons. The summed E-state index contributed by atoms with van der Waals surface area (Å²) in [5.41, 5.74) is -1.11. The molecule has 0 bridgehead atoms. The third-order valence-corrected chi connectivity index (χ3v) is 8.88. The zero-order chi connectivity index (χ0) is 28.2. The van der Waals surface area contributed by atoms with Crippen LogP contribution in [0.4, 0.5) is 0 Å². The molecule has 4 rings (SSSR count). The second-order valence-corrected chi connectivity index (χ2v) is 11.9. The zero-order valence-electron chi connectivity index (χ0n) is 23.5. The first-order valence-electron chi connectivity index (χ1n) is 14.4. The SMILES string of the molecule is CCC(C)(C)NC(=O)C1(C2CCCCC2)CCN(CCCNC(=O)c2cc(=O)c3c(O)cc(O)cc3o2)CC1. The normalized spacial score (nSPS) is 18.6. The molecule has 2 fully saturated rings. The number of aromatic hydroxyl groups is 2. The van der Waals surface area contributed by atoms with Gasteiger partial charge in [0, 0.05) is 30.3 Å². The fourth-order valence-electron chi connectivity index (χ4n) is 6.13. The highest BCUT2D eigenvalue weighted by Gasteiger charge is 2.48. The summed E-state index contributed by atoms with van der Waals surface area (Å²) in [6.45, 7) is 9.22. The Labute approximate surface area is 230 Å². The second-order valence-electron chi connectivity index (χ2n) is 11.9. The van der Waals surface area contributed by atoms with Gasteiger partial charge in [-0.1, -0.05) is 26.2 Å². The summed E-state index contributed by atoms with van der Waals surface area (Å²) in [6, 6.07) is 3.30. The summed E-state index contributed by atoms with van der Waals surface area (Å²) in [4.78, 5) is 41.0. The van der Waals surface area contributed by atoms with Gasteiger partial charge in [0.15, 0.2) is 11.2 Å². The lowest BCUT2D eigenvalue weighted by Crippen LogP contribution is -2.57. The largest absolute Gasteiger partial charge is 0.508 e. The standard InChI is InChI=1S/C30H43N3O6/c1-4-29(2,3)32-28(38)30(20-9-6-5-7-10-20)11-15-33(16-12-30)14-8-13-31-27(37)25-19-23(36)26-22(35)17-21(34)18-24(26)39-25/h17-20,34-35H,4-16H2,1-3H3,(H,31,37)(H,32,38). The Bertz CT molecular complexity index is 1240. The Kier molecular flexibility index (Phi) is 8.89. The molecule has 2 heterocycles. The van der Waals surface area contributed by atoms with Crippen molar-refractivity contribution in [3.63, 3.8) is 0 Å². The highest BCUT2D eigenvalue weighted by Crippen LogP contribution is 2.46. The van der Waals surface area contributed by atoms with Crippen LogP contribution in [0, 0.1) is 11.3 Å². The monoisotopic (exact) mass is 541 g/mol. The summed E-state index contributed by atoms with van der Waals surface area (Å²) in [6.07, 6.45) is 9.28. The van der Waals surface area contributed by atoms with E-state index >= 15 is 0 Å². The molecule has 9 heteroatoms. The lowest BCUT2D eigenvalue weighted by Gasteiger charge is -2.48. The van der Waals surface area contributed by atoms with Gasteiger partial charge in [-0.3, -0.25) is 14.4 Å². The fourth-order valence-corrected chi connectivity index (χ4v) is 6.13. The molecule has 1 aromatic carbocycles. The molecule has 2 aliphatic rings. The average Bonchev–Trinajstić information content (AvgIpc) is 2.91. The van der Waals surface area contributed by atoms with Crippen molar-refractivity contribution in [2.24, 2.45) is 11.3 Å². The van der Waals surface area contributed by atoms with Crippen molar-refractivity contribution >= 4 is 22.8 Å². The van der Waals surface area contributed by atoms with Gasteiger partial charge >= 0.3 is 0 Å². The van der Waals surface area contributed by atoms with E-state index in [1.165, 1.54) is 25.3 Å². The molecule has 9 nitrogen and oxygen atoms in total. The number of carbonyl (C=O) groups excluding carboxylic acids is 2. The van der Waals surface area contributed by atoms with Gasteiger partial charge in [-0.15, -0.1) is 0 Å². The highest BCUT2D eigenvalue weighted by atomic mass is 16.3. The lowest BCUT2D eigenvalue weighted by atomic mass is 9.63. The smallest absolute Gasteiger partial charge is 0.287 e. The van der Waals surface area contributed by atoms with Crippen molar-refractivity contribution in [1.29, 1.82) is 0 Å². The molecule has 1 saturated heterocycles. The minimum Gasteiger partial charge on any atom is -0.508 e. The maximum absolute atomic E-state index is 13.7. The molecule has 1 aliphatic carbocycles. The number of likely N-dealkylation sites (tertiary alicyclic amines) is 1. The lowest BCUT2D eigenvalue weighted by molar-refractivity contribution is -0.141. The molecule has 1 aliphatic heterocycles. The molecular formula is C30H43N3O6. The molecule has 0 spiro atoms. The van der Waals surface area contributed by atoms with Crippen LogP contribution in [0.25, 0.3) is 11.0 Å². The Morgan fingerprint density at radius 2 is 1.79 bits per heavy atom. The van der Waals surface area contributed by atoms with Gasteiger partial charge in [-0.25, -0.2) is 0 Å². The summed E-state index contributed by atoms with van der Waals surface area (Å²) in [7, 11) is 0. The first-order valence-corrected chi connectivity index (χ1v) is 14.4. The number of hydrogen-bond donors (Lipinski definition) is 4. The first-order chi connectivity index (χ1) is 18.5. The van der Waals surface area contributed by atoms with Crippen LogP contribution in [-0.4, -0.2) is 58.6 Å². The number of nitrogens with one attached hydrogen (secondary N) is 2. The van der Waals surface area contributed by atoms with Gasteiger partial charge in [0.05, 0.1) is 5.41 Å². The van der Waals surface area contributed by atoms with Crippen molar-refractivity contribution in [2.45, 2.75) is 84.1 Å². The Morgan fingerprint density at radius 1 is 1.10 bits per heavy atom. The van der Waals surface area contributed by atoms with E-state index < -0.39 is 17.1 Å². The van der Waals surface area contributed by atoms with Crippen LogP contribution in [0.3, 0.4) is 0 Å². The van der Waals surface area contributed by atoms with E-state index in [1.54, 1.807) is 0 Å². The number of hydrogen-bond acceptors (Lipinski definition) is 7. The van der Waals surface area contributed by atoms with Crippen molar-refractivity contribution in [2.75, 3.05) is 26.2 Å². The maximum Gasteiger partial charge on any atom is 0.287 e. The van der Waals surface area contributed by atoms with Crippen molar-refractivity contribution in [1.82, 2.24) is 15.5 Å². The van der Waals surface area contributed by atoms with Crippen LogP contribution < -0.4 is 16.1 Å². The number of nitrogens with zero attached hydrogens (tertiary/aromatic N) is 1. The summed E-state index contributed by atoms with van der Waals surface area (Å²) >= 11 is 0. The fraction of sp³-hybridized carbons (Fsp3) is 0.633. The van der Waals surface area contributed by atoms with Gasteiger partial charge < -0.3 is 30.2 Å². The van der Waals surface area contributed by atoms with Gasteiger partial charge in [0.1, 0.15) is 22.5 Å². The van der Waals surface area contributed by atoms with Gasteiger partial charge in [-0.2, -0.15) is 0 Å². The molecule has 4 N–H and O–H groups in total. The molecule has 2 amide bonds. The Hall–Kier alpha value is -3.07. The highest BCUT2D eigenvalue weighted by molar-refractivity contribution is 5.94. The quantitative estimate of drug-likeness (QED) is 0.348. The zero-order valence-corrected chi connectivity index (χ0v) is 23.5. The number of carbonyl (C=O) groups is 2. The van der Waals surface area contributed by atoms with E-state index in [1.807, 2.05) is 0 Å². The van der Waals surface area contributed by atoms with E-state index in [-0.39, 0.29) is 39.3 Å². The molecule has 39 heavy (non-hydrogen) atoms. The summed E-state index contributed by atoms with van der Waals surface area (Å²) in [5.74, 6) is -0.684. The summed E-state index contributed by atoms with van der Waals surface area (Å²) in [5, 5.41) is 25.7. The van der Waals surface area contributed by atoms with Crippen LogP contribution in [-0.2, 0) is 4.79 Å². The van der Waals surface area contributed by atoms with Gasteiger partial charge in [0.2, 0.25) is 5.91 Å². The van der Waals surface area contributed by atoms with Gasteiger partial charge in [-0.05, 0) is 77.9 Å². The molecular weight excluding hydrogens is 498 g/mol. The van der Waals surface area contributed by atoms with Crippen LogP contribution in [0.2, 0.25) is 0 Å². The number of benzene rings is 1. The van der Waals surface area contributed by atoms with E-state index in [2.05, 4.69) is 36.3 Å². The Morgan fingerprint density at radius 3 is 2.46 bits per heavy atom. The molecule has 0 unspecified atom stereocenters. The number of piperidine rings is 1. The first kappa shape index (κ1) is 28.9. The molecule has 1 saturated carbocycles. The van der Waals surface area contributed by atoms with E-state index in [0.29, 0.717) is 12.5 Å². The molecule has 1 aromatic heterocycles. The van der Waals surface area contributed by atoms with Crippen molar-refractivity contribution in [3.05, 3.63) is 34.2 Å². The molecule has 0 atom stereocenters. The van der Waals surface area contributed by atoms with Gasteiger partial charge in [0.25, 0.3) is 5.91 Å². The number of phenols is 2.